The number of nitrogens with one attached hydrogen (secondary N) is 1. The highest BCUT2D eigenvalue weighted by molar-refractivity contribution is 7.90. The van der Waals surface area contributed by atoms with Gasteiger partial charge in [0.1, 0.15) is 17.3 Å². The summed E-state index contributed by atoms with van der Waals surface area (Å²) in [4.78, 5) is 0. The molecule has 0 aromatic carbocycles. The van der Waals surface area contributed by atoms with Gasteiger partial charge in [0.2, 0.25) is 0 Å². The van der Waals surface area contributed by atoms with E-state index in [1.165, 1.54) is 0 Å². The molecule has 1 aromatic rings. The molecule has 5 heteroatoms. The summed E-state index contributed by atoms with van der Waals surface area (Å²) >= 11 is 0. The molecule has 0 radical (unpaired) electrons. The molecule has 0 spiro atoms. The Hall–Kier alpha value is -0.810. The van der Waals surface area contributed by atoms with E-state index in [1.807, 2.05) is 13.0 Å². The van der Waals surface area contributed by atoms with E-state index in [-0.39, 0.29) is 11.5 Å². The van der Waals surface area contributed by atoms with Gasteiger partial charge in [0.05, 0.1) is 12.3 Å². The lowest BCUT2D eigenvalue weighted by Crippen LogP contribution is -2.21. The van der Waals surface area contributed by atoms with Crippen molar-refractivity contribution in [3.8, 4) is 0 Å². The van der Waals surface area contributed by atoms with Crippen LogP contribution in [0.15, 0.2) is 16.5 Å². The second-order valence-corrected chi connectivity index (χ2v) is 6.68. The predicted octanol–water partition coefficient (Wildman–Crippen LogP) is 2.10. The second kappa shape index (κ2) is 6.21. The zero-order chi connectivity index (χ0) is 12.9. The molecule has 17 heavy (non-hydrogen) atoms. The van der Waals surface area contributed by atoms with Gasteiger partial charge in [-0.05, 0) is 18.6 Å². The summed E-state index contributed by atoms with van der Waals surface area (Å²) in [5.41, 5.74) is 0. The van der Waals surface area contributed by atoms with Gasteiger partial charge in [-0.25, -0.2) is 8.42 Å². The first kappa shape index (κ1) is 14.3. The van der Waals surface area contributed by atoms with Gasteiger partial charge in [-0.3, -0.25) is 0 Å². The fourth-order valence-corrected chi connectivity index (χ4v) is 2.85. The highest BCUT2D eigenvalue weighted by atomic mass is 32.2. The minimum Gasteiger partial charge on any atom is -0.464 e. The van der Waals surface area contributed by atoms with Crippen LogP contribution in [0.2, 0.25) is 0 Å². The smallest absolute Gasteiger partial charge is 0.157 e. The normalized spacial score (nSPS) is 12.2. The van der Waals surface area contributed by atoms with Crippen LogP contribution in [0.5, 0.6) is 0 Å². The maximum atomic E-state index is 11.6. The van der Waals surface area contributed by atoms with Crippen LogP contribution in [0, 0.1) is 0 Å². The molecule has 0 fully saturated rings. The van der Waals surface area contributed by atoms with Gasteiger partial charge >= 0.3 is 0 Å². The summed E-state index contributed by atoms with van der Waals surface area (Å²) in [6, 6.07) is 3.95. The van der Waals surface area contributed by atoms with Gasteiger partial charge in [-0.15, -0.1) is 0 Å². The molecule has 1 aromatic heterocycles. The zero-order valence-corrected chi connectivity index (χ0v) is 11.5. The number of sulfone groups is 1. The van der Waals surface area contributed by atoms with Gasteiger partial charge in [0.15, 0.2) is 9.84 Å². The average molecular weight is 259 g/mol. The van der Waals surface area contributed by atoms with Crippen LogP contribution >= 0.6 is 0 Å². The number of rotatable bonds is 7. The van der Waals surface area contributed by atoms with E-state index in [0.717, 1.165) is 5.76 Å². The molecule has 0 saturated carbocycles. The van der Waals surface area contributed by atoms with Crippen LogP contribution in [0.25, 0.3) is 0 Å². The summed E-state index contributed by atoms with van der Waals surface area (Å²) in [6.07, 6.45) is 0.644. The van der Waals surface area contributed by atoms with Crippen molar-refractivity contribution in [2.24, 2.45) is 0 Å². The van der Waals surface area contributed by atoms with Crippen LogP contribution in [0.4, 0.5) is 0 Å². The highest BCUT2D eigenvalue weighted by Gasteiger charge is 2.13. The zero-order valence-electron chi connectivity index (χ0n) is 10.7. The van der Waals surface area contributed by atoms with Crippen molar-refractivity contribution in [2.75, 3.05) is 5.75 Å². The van der Waals surface area contributed by atoms with Crippen LogP contribution in [-0.4, -0.2) is 20.2 Å². The molecule has 4 nitrogen and oxygen atoms in total. The Bertz CT molecular complexity index is 434. The maximum absolute atomic E-state index is 11.6. The molecular formula is C12H21NO3S. The monoisotopic (exact) mass is 259 g/mol. The van der Waals surface area contributed by atoms with E-state index in [2.05, 4.69) is 19.2 Å². The molecule has 0 bridgehead atoms. The molecule has 0 amide bonds. The van der Waals surface area contributed by atoms with Gasteiger partial charge in [-0.1, -0.05) is 20.8 Å². The first-order chi connectivity index (χ1) is 7.93. The Balaban J connectivity index is 2.57. The quantitative estimate of drug-likeness (QED) is 0.814. The molecule has 1 N–H and O–H groups in total. The number of furan rings is 1. The molecule has 0 aliphatic heterocycles. The van der Waals surface area contributed by atoms with Crippen LogP contribution in [-0.2, 0) is 22.1 Å². The Morgan fingerprint density at radius 2 is 1.94 bits per heavy atom. The van der Waals surface area contributed by atoms with Crippen LogP contribution in [0.3, 0.4) is 0 Å². The molecule has 0 aliphatic carbocycles. The first-order valence-electron chi connectivity index (χ1n) is 5.94. The van der Waals surface area contributed by atoms with E-state index < -0.39 is 9.84 Å². The molecule has 0 saturated heterocycles. The predicted molar refractivity (Wildman–Crippen MR) is 68.5 cm³/mol. The summed E-state index contributed by atoms with van der Waals surface area (Å²) in [6.45, 7) is 6.59. The fourth-order valence-electron chi connectivity index (χ4n) is 1.50. The SMILES string of the molecule is CCCS(=O)(=O)Cc1ccc(CNC(C)C)o1. The molecule has 0 unspecified atom stereocenters. The van der Waals surface area contributed by atoms with Gasteiger partial charge in [0.25, 0.3) is 0 Å². The van der Waals surface area contributed by atoms with Crippen molar-refractivity contribution in [3.05, 3.63) is 23.7 Å². The molecule has 98 valence electrons. The third kappa shape index (κ3) is 5.37. The minimum absolute atomic E-state index is 0.00250. The Labute approximate surface area is 103 Å². The van der Waals surface area contributed by atoms with Crippen molar-refractivity contribution in [1.82, 2.24) is 5.32 Å². The number of hydrogen-bond acceptors (Lipinski definition) is 4. The Morgan fingerprint density at radius 3 is 2.53 bits per heavy atom. The van der Waals surface area contributed by atoms with E-state index in [0.29, 0.717) is 24.8 Å². The molecule has 0 aliphatic rings. The van der Waals surface area contributed by atoms with Crippen LogP contribution < -0.4 is 5.32 Å². The van der Waals surface area contributed by atoms with Crippen molar-refractivity contribution >= 4 is 9.84 Å². The third-order valence-corrected chi connectivity index (χ3v) is 4.03. The summed E-state index contributed by atoms with van der Waals surface area (Å²) in [5, 5.41) is 3.22. The van der Waals surface area contributed by atoms with Crippen molar-refractivity contribution in [1.29, 1.82) is 0 Å². The lowest BCUT2D eigenvalue weighted by atomic mass is 10.3. The van der Waals surface area contributed by atoms with Crippen molar-refractivity contribution in [2.45, 2.75) is 45.5 Å². The molecular weight excluding hydrogens is 238 g/mol. The average Bonchev–Trinajstić information content (AvgIpc) is 2.61. The van der Waals surface area contributed by atoms with E-state index in [4.69, 9.17) is 4.42 Å². The Kier molecular flexibility index (Phi) is 5.21. The maximum Gasteiger partial charge on any atom is 0.157 e. The largest absolute Gasteiger partial charge is 0.464 e. The fraction of sp³-hybridized carbons (Fsp3) is 0.667. The highest BCUT2D eigenvalue weighted by Crippen LogP contribution is 2.12. The van der Waals surface area contributed by atoms with Crippen LogP contribution in [0.1, 0.15) is 38.7 Å². The molecule has 0 atom stereocenters. The van der Waals surface area contributed by atoms with Gasteiger partial charge in [-0.2, -0.15) is 0 Å². The summed E-state index contributed by atoms with van der Waals surface area (Å²) < 4.78 is 28.7. The summed E-state index contributed by atoms with van der Waals surface area (Å²) in [7, 11) is -3.02. The van der Waals surface area contributed by atoms with E-state index in [1.54, 1.807) is 6.07 Å². The Morgan fingerprint density at radius 1 is 1.29 bits per heavy atom. The first-order valence-corrected chi connectivity index (χ1v) is 7.76. The third-order valence-electron chi connectivity index (χ3n) is 2.28. The second-order valence-electron chi connectivity index (χ2n) is 4.50. The van der Waals surface area contributed by atoms with Gasteiger partial charge in [0, 0.05) is 6.04 Å². The summed E-state index contributed by atoms with van der Waals surface area (Å²) in [5.74, 6) is 1.52. The topological polar surface area (TPSA) is 59.3 Å². The van der Waals surface area contributed by atoms with Gasteiger partial charge < -0.3 is 9.73 Å². The van der Waals surface area contributed by atoms with Crippen molar-refractivity contribution in [3.63, 3.8) is 0 Å². The lowest BCUT2D eigenvalue weighted by molar-refractivity contribution is 0.443. The standard InChI is InChI=1S/C12H21NO3S/c1-4-7-17(14,15)9-12-6-5-11(16-12)8-13-10(2)3/h5-6,10,13H,4,7-9H2,1-3H3. The van der Waals surface area contributed by atoms with Crippen molar-refractivity contribution < 1.29 is 12.8 Å². The molecule has 1 rings (SSSR count). The number of hydrogen-bond donors (Lipinski definition) is 1. The lowest BCUT2D eigenvalue weighted by Gasteiger charge is -2.05. The van der Waals surface area contributed by atoms with E-state index in [9.17, 15) is 8.42 Å². The van der Waals surface area contributed by atoms with E-state index >= 15 is 0 Å². The molecule has 1 heterocycles. The minimum atomic E-state index is -3.02.